The average molecular weight is 164 g/mol. The molecule has 0 heterocycles. The fourth-order valence-corrected chi connectivity index (χ4v) is 1.42. The first kappa shape index (κ1) is 10.1. The Balaban J connectivity index is 3.61. The summed E-state index contributed by atoms with van der Waals surface area (Å²) in [6, 6.07) is 0. The molecule has 4 heteroatoms. The highest BCUT2D eigenvalue weighted by atomic mass is 32.2. The van der Waals surface area contributed by atoms with Crippen molar-refractivity contribution in [2.75, 3.05) is 13.1 Å². The number of hydrogen-bond donors (Lipinski definition) is 0. The third kappa shape index (κ3) is 3.98. The molecule has 0 saturated heterocycles. The predicted octanol–water partition coefficient (Wildman–Crippen LogP) is 0.903. The lowest BCUT2D eigenvalue weighted by Gasteiger charge is -2.22. The third-order valence-electron chi connectivity index (χ3n) is 1.16. The molecule has 0 aliphatic carbocycles. The lowest BCUT2D eigenvalue weighted by atomic mass is 10.4. The molecule has 0 rings (SSSR count). The van der Waals surface area contributed by atoms with Gasteiger partial charge in [-0.05, 0) is 12.8 Å². The van der Waals surface area contributed by atoms with Crippen LogP contribution in [0, 0.1) is 0 Å². The molecule has 1 unspecified atom stereocenters. The predicted molar refractivity (Wildman–Crippen MR) is 41.1 cm³/mol. The van der Waals surface area contributed by atoms with Gasteiger partial charge in [-0.15, -0.1) is 0 Å². The highest BCUT2D eigenvalue weighted by Crippen LogP contribution is 1.95. The largest absolute Gasteiger partial charge is 0.760 e. The number of rotatable bonds is 5. The first-order chi connectivity index (χ1) is 4.72. The Kier molecular flexibility index (Phi) is 5.87. The van der Waals surface area contributed by atoms with Crippen molar-refractivity contribution in [3.63, 3.8) is 0 Å². The monoisotopic (exact) mass is 164 g/mol. The van der Waals surface area contributed by atoms with Crippen LogP contribution < -0.4 is 0 Å². The minimum absolute atomic E-state index is 0.643. The summed E-state index contributed by atoms with van der Waals surface area (Å²) in [5, 5.41) is 0. The van der Waals surface area contributed by atoms with E-state index in [1.807, 2.05) is 13.8 Å². The Morgan fingerprint density at radius 3 is 1.90 bits per heavy atom. The van der Waals surface area contributed by atoms with Crippen LogP contribution in [0.2, 0.25) is 0 Å². The third-order valence-corrected chi connectivity index (χ3v) is 1.94. The molecule has 10 heavy (non-hydrogen) atoms. The molecule has 0 spiro atoms. The molecule has 0 aliphatic heterocycles. The minimum Gasteiger partial charge on any atom is -0.760 e. The lowest BCUT2D eigenvalue weighted by Crippen LogP contribution is -2.27. The van der Waals surface area contributed by atoms with Crippen molar-refractivity contribution in [3.05, 3.63) is 0 Å². The van der Waals surface area contributed by atoms with E-state index >= 15 is 0 Å². The van der Waals surface area contributed by atoms with E-state index in [0.29, 0.717) is 13.1 Å². The van der Waals surface area contributed by atoms with Gasteiger partial charge in [-0.1, -0.05) is 13.8 Å². The maximum Gasteiger partial charge on any atom is 0.0209 e. The van der Waals surface area contributed by atoms with Gasteiger partial charge in [0.1, 0.15) is 0 Å². The molecule has 0 N–H and O–H groups in total. The number of hydrogen-bond acceptors (Lipinski definition) is 2. The molecule has 62 valence electrons. The second-order valence-electron chi connectivity index (χ2n) is 2.15. The summed E-state index contributed by atoms with van der Waals surface area (Å²) in [6.45, 7) is 5.22. The van der Waals surface area contributed by atoms with Crippen LogP contribution in [-0.2, 0) is 11.3 Å². The van der Waals surface area contributed by atoms with E-state index < -0.39 is 11.3 Å². The van der Waals surface area contributed by atoms with Crippen molar-refractivity contribution >= 4 is 11.3 Å². The van der Waals surface area contributed by atoms with Gasteiger partial charge in [0, 0.05) is 24.4 Å². The maximum atomic E-state index is 10.4. The molecule has 3 nitrogen and oxygen atoms in total. The zero-order chi connectivity index (χ0) is 7.98. The Morgan fingerprint density at radius 2 is 1.70 bits per heavy atom. The van der Waals surface area contributed by atoms with Crippen molar-refractivity contribution in [1.29, 1.82) is 0 Å². The van der Waals surface area contributed by atoms with Crippen molar-refractivity contribution in [1.82, 2.24) is 4.31 Å². The molecule has 0 aromatic heterocycles. The van der Waals surface area contributed by atoms with Crippen molar-refractivity contribution in [3.8, 4) is 0 Å². The zero-order valence-corrected chi connectivity index (χ0v) is 7.32. The van der Waals surface area contributed by atoms with E-state index in [9.17, 15) is 8.76 Å². The maximum absolute atomic E-state index is 10.4. The summed E-state index contributed by atoms with van der Waals surface area (Å²) in [5.41, 5.74) is 0. The molecular weight excluding hydrogens is 150 g/mol. The van der Waals surface area contributed by atoms with Crippen molar-refractivity contribution < 1.29 is 8.76 Å². The normalized spacial score (nSPS) is 14.0. The fraction of sp³-hybridized carbons (Fsp3) is 1.00. The van der Waals surface area contributed by atoms with Crippen molar-refractivity contribution in [2.45, 2.75) is 26.7 Å². The molecule has 0 aliphatic rings. The van der Waals surface area contributed by atoms with Gasteiger partial charge in [0.25, 0.3) is 0 Å². The molecule has 0 bridgehead atoms. The van der Waals surface area contributed by atoms with Crippen molar-refractivity contribution in [2.24, 2.45) is 0 Å². The quantitative estimate of drug-likeness (QED) is 0.567. The molecule has 0 fully saturated rings. The van der Waals surface area contributed by atoms with Gasteiger partial charge in [0.05, 0.1) is 0 Å². The Morgan fingerprint density at radius 1 is 1.30 bits per heavy atom. The molecule has 0 saturated carbocycles. The second-order valence-corrected chi connectivity index (χ2v) is 3.10. The van der Waals surface area contributed by atoms with Gasteiger partial charge in [0.15, 0.2) is 0 Å². The second kappa shape index (κ2) is 5.82. The van der Waals surface area contributed by atoms with Gasteiger partial charge in [0.2, 0.25) is 0 Å². The molecule has 0 aromatic rings. The average Bonchev–Trinajstić information content (AvgIpc) is 1.87. The van der Waals surface area contributed by atoms with Gasteiger partial charge in [-0.25, -0.2) is 4.31 Å². The van der Waals surface area contributed by atoms with Crippen LogP contribution >= 0.6 is 0 Å². The summed E-state index contributed by atoms with van der Waals surface area (Å²) in [7, 11) is 0. The van der Waals surface area contributed by atoms with E-state index in [0.717, 1.165) is 12.8 Å². The van der Waals surface area contributed by atoms with E-state index in [4.69, 9.17) is 0 Å². The van der Waals surface area contributed by atoms with Crippen LogP contribution in [0.25, 0.3) is 0 Å². The van der Waals surface area contributed by atoms with Crippen LogP contribution in [0.3, 0.4) is 0 Å². The summed E-state index contributed by atoms with van der Waals surface area (Å²) in [4.78, 5) is 0. The van der Waals surface area contributed by atoms with Crippen LogP contribution in [0.4, 0.5) is 0 Å². The van der Waals surface area contributed by atoms with Crippen LogP contribution in [-0.4, -0.2) is 26.2 Å². The minimum atomic E-state index is -2.02. The van der Waals surface area contributed by atoms with Crippen LogP contribution in [0.1, 0.15) is 26.7 Å². The topological polar surface area (TPSA) is 43.4 Å². The van der Waals surface area contributed by atoms with Gasteiger partial charge in [-0.3, -0.25) is 4.21 Å². The molecule has 0 amide bonds. The summed E-state index contributed by atoms with van der Waals surface area (Å²) in [5.74, 6) is 0. The highest BCUT2D eigenvalue weighted by Gasteiger charge is 1.99. The summed E-state index contributed by atoms with van der Waals surface area (Å²) >= 11 is -2.02. The van der Waals surface area contributed by atoms with Crippen LogP contribution in [0.5, 0.6) is 0 Å². The Bertz CT molecular complexity index is 102. The van der Waals surface area contributed by atoms with Gasteiger partial charge >= 0.3 is 0 Å². The standard InChI is InChI=1S/C6H15NO2S/c1-3-5-7(6-4-2)10(8)9/h3-6H2,1-2H3,(H,8,9)/p-1. The smallest absolute Gasteiger partial charge is 0.0209 e. The van der Waals surface area contributed by atoms with Gasteiger partial charge < -0.3 is 4.55 Å². The summed E-state index contributed by atoms with van der Waals surface area (Å²) < 4.78 is 22.3. The molecular formula is C6H14NO2S-. The first-order valence-corrected chi connectivity index (χ1v) is 4.59. The fourth-order valence-electron chi connectivity index (χ4n) is 0.760. The molecule has 0 aromatic carbocycles. The summed E-state index contributed by atoms with van der Waals surface area (Å²) in [6.07, 6.45) is 1.77. The SMILES string of the molecule is CCCN(CCC)S(=O)[O-]. The van der Waals surface area contributed by atoms with Crippen LogP contribution in [0.15, 0.2) is 0 Å². The molecule has 1 atom stereocenters. The lowest BCUT2D eigenvalue weighted by molar-refractivity contribution is 0.387. The van der Waals surface area contributed by atoms with E-state index in [-0.39, 0.29) is 0 Å². The first-order valence-electron chi connectivity index (χ1n) is 3.56. The number of nitrogens with zero attached hydrogens (tertiary/aromatic N) is 1. The van der Waals surface area contributed by atoms with Gasteiger partial charge in [-0.2, -0.15) is 0 Å². The van der Waals surface area contributed by atoms with E-state index in [2.05, 4.69) is 0 Å². The Hall–Kier alpha value is 0.0700. The van der Waals surface area contributed by atoms with E-state index in [1.165, 1.54) is 4.31 Å². The molecule has 0 radical (unpaired) electrons. The highest BCUT2D eigenvalue weighted by molar-refractivity contribution is 7.76. The Labute approximate surface area is 64.8 Å². The van der Waals surface area contributed by atoms with E-state index in [1.54, 1.807) is 0 Å². The zero-order valence-electron chi connectivity index (χ0n) is 6.50.